The molecule has 195 valence electrons. The molecule has 39 heavy (non-hydrogen) atoms. The normalized spacial score (nSPS) is 25.1. The third-order valence-electron chi connectivity index (χ3n) is 9.21. The minimum Gasteiger partial charge on any atom is -0.0625 e. The molecule has 0 nitrogen and oxygen atoms in total. The summed E-state index contributed by atoms with van der Waals surface area (Å²) >= 11 is 0. The Labute approximate surface area is 235 Å². The average molecular weight is 508 g/mol. The van der Waals surface area contributed by atoms with E-state index >= 15 is 0 Å². The first-order valence-corrected chi connectivity index (χ1v) is 14.7. The smallest absolute Gasteiger partial charge is 0.0504 e. The number of allylic oxidation sites excluding steroid dienone is 4. The molecule has 1 fully saturated rings. The molecule has 4 aromatic rings. The molecule has 0 spiro atoms. The topological polar surface area (TPSA) is 0 Å². The summed E-state index contributed by atoms with van der Waals surface area (Å²) in [5, 5.41) is 0. The van der Waals surface area contributed by atoms with Gasteiger partial charge < -0.3 is 0 Å². The van der Waals surface area contributed by atoms with Gasteiger partial charge in [-0.3, -0.25) is 0 Å². The first-order chi connectivity index (χ1) is 19.1. The van der Waals surface area contributed by atoms with Gasteiger partial charge in [-0.25, -0.2) is 0 Å². The Morgan fingerprint density at radius 3 is 1.72 bits per heavy atom. The maximum absolute atomic E-state index is 4.35. The fourth-order valence-corrected chi connectivity index (χ4v) is 7.45. The highest BCUT2D eigenvalue weighted by atomic mass is 14.5. The monoisotopic (exact) mass is 507 g/mol. The van der Waals surface area contributed by atoms with Gasteiger partial charge >= 0.3 is 0 Å². The molecule has 0 heterocycles. The second-order valence-corrected chi connectivity index (χ2v) is 12.0. The average Bonchev–Trinajstić information content (AvgIpc) is 3.36. The Morgan fingerprint density at radius 1 is 0.641 bits per heavy atom. The van der Waals surface area contributed by atoms with Crippen LogP contribution < -0.4 is 0 Å². The van der Waals surface area contributed by atoms with Gasteiger partial charge in [-0.2, -0.15) is 0 Å². The molecule has 0 bridgehead atoms. The zero-order valence-electron chi connectivity index (χ0n) is 23.5. The van der Waals surface area contributed by atoms with Crippen LogP contribution in [0, 0.1) is 29.7 Å². The molecule has 0 aromatic heterocycles. The summed E-state index contributed by atoms with van der Waals surface area (Å²) in [5.41, 5.74) is 8.83. The quantitative estimate of drug-likeness (QED) is 0.243. The zero-order valence-corrected chi connectivity index (χ0v) is 23.5. The van der Waals surface area contributed by atoms with Crippen LogP contribution in [0.5, 0.6) is 0 Å². The molecule has 6 rings (SSSR count). The van der Waals surface area contributed by atoms with Crippen LogP contribution in [0.4, 0.5) is 0 Å². The van der Waals surface area contributed by atoms with E-state index in [1.54, 1.807) is 0 Å². The Morgan fingerprint density at radius 2 is 1.15 bits per heavy atom. The lowest BCUT2D eigenvalue weighted by molar-refractivity contribution is 0.110. The standard InChI is InChI=1S/C39H39/c1-28(2)34-25-24-29(3)26-36(34)39(33-22-14-7-15-23-33)27-35(30-16-8-4-9-17-30)37(31-18-10-5-11-19-31)38(39)32-20-12-6-13-21-32/h4-23,28-29,34,36H,24-26H2,1-3H3. The Bertz CT molecular complexity index is 1440. The van der Waals surface area contributed by atoms with E-state index in [1.165, 1.54) is 58.2 Å². The molecule has 0 heteroatoms. The molecule has 0 aliphatic heterocycles. The van der Waals surface area contributed by atoms with E-state index in [-0.39, 0.29) is 5.41 Å². The van der Waals surface area contributed by atoms with Crippen LogP contribution in [-0.4, -0.2) is 0 Å². The lowest BCUT2D eigenvalue weighted by atomic mass is 9.54. The first-order valence-electron chi connectivity index (χ1n) is 14.7. The predicted octanol–water partition coefficient (Wildman–Crippen LogP) is 10.1. The van der Waals surface area contributed by atoms with E-state index in [1.807, 2.05) is 0 Å². The number of hydrogen-bond acceptors (Lipinski definition) is 0. The van der Waals surface area contributed by atoms with Crippen molar-refractivity contribution in [1.82, 2.24) is 0 Å². The summed E-state index contributed by atoms with van der Waals surface area (Å²) in [4.78, 5) is 0. The highest BCUT2D eigenvalue weighted by Crippen LogP contribution is 2.62. The lowest BCUT2D eigenvalue weighted by Crippen LogP contribution is -2.43. The molecule has 4 unspecified atom stereocenters. The van der Waals surface area contributed by atoms with E-state index in [0.29, 0.717) is 23.7 Å². The SMILES string of the molecule is CC1CCC(C(C)C)C(C2(c3ccccc3)[C]=C(c3ccccc3)C(c3ccccc3)=C2c2ccccc2)C1. The van der Waals surface area contributed by atoms with Crippen LogP contribution in [0.2, 0.25) is 0 Å². The van der Waals surface area contributed by atoms with Crippen LogP contribution in [0.3, 0.4) is 0 Å². The fraction of sp³-hybridized carbons (Fsp3) is 0.282. The first kappa shape index (κ1) is 25.6. The predicted molar refractivity (Wildman–Crippen MR) is 166 cm³/mol. The lowest BCUT2D eigenvalue weighted by Gasteiger charge is -2.49. The largest absolute Gasteiger partial charge is 0.0625 e. The van der Waals surface area contributed by atoms with Crippen molar-refractivity contribution in [3.05, 3.63) is 150 Å². The minimum absolute atomic E-state index is 0.345. The van der Waals surface area contributed by atoms with Gasteiger partial charge in [0.15, 0.2) is 0 Å². The molecule has 2 aliphatic rings. The highest BCUT2D eigenvalue weighted by molar-refractivity contribution is 6.20. The van der Waals surface area contributed by atoms with Crippen molar-refractivity contribution >= 4 is 16.7 Å². The summed E-state index contributed by atoms with van der Waals surface area (Å²) in [7, 11) is 0. The zero-order chi connectivity index (χ0) is 26.8. The Kier molecular flexibility index (Phi) is 7.13. The van der Waals surface area contributed by atoms with Crippen molar-refractivity contribution in [2.24, 2.45) is 23.7 Å². The van der Waals surface area contributed by atoms with Crippen LogP contribution in [0.1, 0.15) is 62.3 Å². The third-order valence-corrected chi connectivity index (χ3v) is 9.21. The molecule has 0 N–H and O–H groups in total. The van der Waals surface area contributed by atoms with Gasteiger partial charge in [-0.1, -0.05) is 149 Å². The summed E-state index contributed by atoms with van der Waals surface area (Å²) in [6.07, 6.45) is 8.16. The highest BCUT2D eigenvalue weighted by Gasteiger charge is 2.52. The minimum atomic E-state index is -0.345. The van der Waals surface area contributed by atoms with E-state index in [9.17, 15) is 0 Å². The molecular weight excluding hydrogens is 468 g/mol. The van der Waals surface area contributed by atoms with Crippen LogP contribution >= 0.6 is 0 Å². The fourth-order valence-electron chi connectivity index (χ4n) is 7.45. The van der Waals surface area contributed by atoms with Crippen molar-refractivity contribution in [1.29, 1.82) is 0 Å². The van der Waals surface area contributed by atoms with Crippen molar-refractivity contribution in [3.8, 4) is 0 Å². The van der Waals surface area contributed by atoms with Gasteiger partial charge in [0.1, 0.15) is 0 Å². The van der Waals surface area contributed by atoms with E-state index in [0.717, 1.165) is 0 Å². The second kappa shape index (κ2) is 10.9. The van der Waals surface area contributed by atoms with Gasteiger partial charge in [0, 0.05) is 0 Å². The Hall–Kier alpha value is -3.64. The van der Waals surface area contributed by atoms with Crippen molar-refractivity contribution in [2.45, 2.75) is 45.4 Å². The maximum atomic E-state index is 4.35. The second-order valence-electron chi connectivity index (χ2n) is 12.0. The van der Waals surface area contributed by atoms with Crippen molar-refractivity contribution in [3.63, 3.8) is 0 Å². The number of rotatable bonds is 6. The van der Waals surface area contributed by atoms with Gasteiger partial charge in [-0.05, 0) is 81.6 Å². The molecule has 1 saturated carbocycles. The Balaban J connectivity index is 1.76. The van der Waals surface area contributed by atoms with E-state index < -0.39 is 0 Å². The van der Waals surface area contributed by atoms with Gasteiger partial charge in [0.25, 0.3) is 0 Å². The molecular formula is C39H39. The maximum Gasteiger partial charge on any atom is 0.0504 e. The van der Waals surface area contributed by atoms with Gasteiger partial charge in [0.05, 0.1) is 5.41 Å². The molecule has 4 aromatic carbocycles. The van der Waals surface area contributed by atoms with Crippen molar-refractivity contribution < 1.29 is 0 Å². The van der Waals surface area contributed by atoms with E-state index in [4.69, 9.17) is 0 Å². The number of hydrogen-bond donors (Lipinski definition) is 0. The van der Waals surface area contributed by atoms with E-state index in [2.05, 4.69) is 148 Å². The van der Waals surface area contributed by atoms with Gasteiger partial charge in [-0.15, -0.1) is 0 Å². The summed E-state index contributed by atoms with van der Waals surface area (Å²) in [6, 6.07) is 44.5. The van der Waals surface area contributed by atoms with Gasteiger partial charge in [0.2, 0.25) is 0 Å². The third kappa shape index (κ3) is 4.61. The van der Waals surface area contributed by atoms with Crippen molar-refractivity contribution in [2.75, 3.05) is 0 Å². The summed E-state index contributed by atoms with van der Waals surface area (Å²) in [6.45, 7) is 7.34. The molecule has 0 amide bonds. The molecule has 1 radical (unpaired) electrons. The molecule has 2 aliphatic carbocycles. The van der Waals surface area contributed by atoms with Crippen LogP contribution in [0.25, 0.3) is 16.7 Å². The molecule has 4 atom stereocenters. The summed E-state index contributed by atoms with van der Waals surface area (Å²) < 4.78 is 0. The summed E-state index contributed by atoms with van der Waals surface area (Å²) in [5.74, 6) is 2.40. The number of benzene rings is 4. The van der Waals surface area contributed by atoms with Crippen LogP contribution in [-0.2, 0) is 5.41 Å². The molecule has 0 saturated heterocycles. The van der Waals surface area contributed by atoms with Crippen LogP contribution in [0.15, 0.2) is 121 Å².